The molecule has 0 spiro atoms. The van der Waals surface area contributed by atoms with Crippen molar-refractivity contribution in [3.05, 3.63) is 64.7 Å². The summed E-state index contributed by atoms with van der Waals surface area (Å²) in [4.78, 5) is 11.7. The van der Waals surface area contributed by atoms with E-state index >= 15 is 0 Å². The molecular formula is C16H15N5O3. The van der Waals surface area contributed by atoms with Crippen molar-refractivity contribution in [1.29, 1.82) is 0 Å². The molecule has 122 valence electrons. The average Bonchev–Trinajstić information content (AvgIpc) is 3.09. The molecule has 0 unspecified atom stereocenters. The molecule has 8 nitrogen and oxygen atoms in total. The van der Waals surface area contributed by atoms with Gasteiger partial charge in [-0.05, 0) is 29.5 Å². The summed E-state index contributed by atoms with van der Waals surface area (Å²) in [6.45, 7) is 1.13. The SMILES string of the molecule is O=[N+]([O-])c1ccc(-c2nnn(CCCOc3ccccc3)n2)cc1. The van der Waals surface area contributed by atoms with Crippen LogP contribution in [0.25, 0.3) is 11.4 Å². The van der Waals surface area contributed by atoms with Crippen LogP contribution in [-0.2, 0) is 6.54 Å². The third-order valence-corrected chi connectivity index (χ3v) is 3.30. The van der Waals surface area contributed by atoms with Crippen LogP contribution in [0.5, 0.6) is 5.75 Å². The minimum absolute atomic E-state index is 0.0317. The second-order valence-electron chi connectivity index (χ2n) is 5.03. The summed E-state index contributed by atoms with van der Waals surface area (Å²) in [5.74, 6) is 1.27. The molecule has 1 aromatic heterocycles. The van der Waals surface area contributed by atoms with Gasteiger partial charge < -0.3 is 4.74 Å². The number of para-hydroxylation sites is 1. The topological polar surface area (TPSA) is 96.0 Å². The van der Waals surface area contributed by atoms with Gasteiger partial charge in [0.05, 0.1) is 18.1 Å². The van der Waals surface area contributed by atoms with Crippen molar-refractivity contribution in [2.45, 2.75) is 13.0 Å². The van der Waals surface area contributed by atoms with Gasteiger partial charge in [0.25, 0.3) is 5.69 Å². The van der Waals surface area contributed by atoms with Crippen molar-refractivity contribution < 1.29 is 9.66 Å². The molecule has 0 saturated heterocycles. The lowest BCUT2D eigenvalue weighted by atomic mass is 10.2. The van der Waals surface area contributed by atoms with E-state index in [1.165, 1.54) is 16.9 Å². The van der Waals surface area contributed by atoms with Gasteiger partial charge in [-0.25, -0.2) is 0 Å². The molecule has 0 aliphatic rings. The highest BCUT2D eigenvalue weighted by Crippen LogP contribution is 2.18. The largest absolute Gasteiger partial charge is 0.494 e. The summed E-state index contributed by atoms with van der Waals surface area (Å²) in [6.07, 6.45) is 0.741. The van der Waals surface area contributed by atoms with Crippen LogP contribution in [0.2, 0.25) is 0 Å². The quantitative estimate of drug-likeness (QED) is 0.376. The molecule has 0 atom stereocenters. The predicted molar refractivity (Wildman–Crippen MR) is 86.5 cm³/mol. The zero-order chi connectivity index (χ0) is 16.8. The van der Waals surface area contributed by atoms with Crippen LogP contribution in [0.3, 0.4) is 0 Å². The summed E-state index contributed by atoms with van der Waals surface area (Å²) in [6, 6.07) is 15.6. The van der Waals surface area contributed by atoms with Gasteiger partial charge in [0.2, 0.25) is 5.82 Å². The zero-order valence-electron chi connectivity index (χ0n) is 12.8. The lowest BCUT2D eigenvalue weighted by Gasteiger charge is -2.04. The van der Waals surface area contributed by atoms with E-state index in [0.717, 1.165) is 12.2 Å². The molecule has 2 aromatic carbocycles. The average molecular weight is 325 g/mol. The fourth-order valence-electron chi connectivity index (χ4n) is 2.10. The van der Waals surface area contributed by atoms with Crippen LogP contribution < -0.4 is 4.74 Å². The van der Waals surface area contributed by atoms with Crippen molar-refractivity contribution in [3.8, 4) is 17.1 Å². The number of benzene rings is 2. The highest BCUT2D eigenvalue weighted by atomic mass is 16.6. The number of hydrogen-bond acceptors (Lipinski definition) is 6. The Bertz CT molecular complexity index is 802. The molecule has 8 heteroatoms. The van der Waals surface area contributed by atoms with Gasteiger partial charge in [-0.3, -0.25) is 10.1 Å². The smallest absolute Gasteiger partial charge is 0.269 e. The van der Waals surface area contributed by atoms with Gasteiger partial charge in [-0.15, -0.1) is 10.2 Å². The van der Waals surface area contributed by atoms with Gasteiger partial charge in [0.15, 0.2) is 0 Å². The van der Waals surface area contributed by atoms with Gasteiger partial charge in [0.1, 0.15) is 5.75 Å². The molecule has 0 bridgehead atoms. The van der Waals surface area contributed by atoms with Gasteiger partial charge in [-0.1, -0.05) is 18.2 Å². The number of hydrogen-bond donors (Lipinski definition) is 0. The summed E-state index contributed by atoms with van der Waals surface area (Å²) >= 11 is 0. The van der Waals surface area contributed by atoms with Crippen LogP contribution in [0.4, 0.5) is 5.69 Å². The molecule has 0 N–H and O–H groups in total. The van der Waals surface area contributed by atoms with Crippen LogP contribution >= 0.6 is 0 Å². The number of ether oxygens (including phenoxy) is 1. The first-order valence-electron chi connectivity index (χ1n) is 7.43. The van der Waals surface area contributed by atoms with E-state index in [2.05, 4.69) is 15.4 Å². The van der Waals surface area contributed by atoms with Gasteiger partial charge in [-0.2, -0.15) is 4.80 Å². The zero-order valence-corrected chi connectivity index (χ0v) is 12.8. The van der Waals surface area contributed by atoms with Gasteiger partial charge >= 0.3 is 0 Å². The summed E-state index contributed by atoms with van der Waals surface area (Å²) < 4.78 is 5.60. The van der Waals surface area contributed by atoms with Crippen molar-refractivity contribution in [3.63, 3.8) is 0 Å². The lowest BCUT2D eigenvalue weighted by molar-refractivity contribution is -0.384. The maximum absolute atomic E-state index is 10.6. The number of nitro groups is 1. The van der Waals surface area contributed by atoms with E-state index in [-0.39, 0.29) is 5.69 Å². The minimum atomic E-state index is -0.444. The standard InChI is InChI=1S/C16H15N5O3/c22-21(23)14-9-7-13(8-10-14)16-17-19-20(18-16)11-4-12-24-15-5-2-1-3-6-15/h1-3,5-10H,4,11-12H2. The number of aromatic nitrogens is 4. The number of nitro benzene ring substituents is 1. The fraction of sp³-hybridized carbons (Fsp3) is 0.188. The number of non-ortho nitro benzene ring substituents is 1. The summed E-state index contributed by atoms with van der Waals surface area (Å²) in [5.41, 5.74) is 0.719. The molecular weight excluding hydrogens is 310 g/mol. The maximum Gasteiger partial charge on any atom is 0.269 e. The number of aryl methyl sites for hydroxylation is 1. The van der Waals surface area contributed by atoms with E-state index in [1.54, 1.807) is 12.1 Å². The Hall–Kier alpha value is -3.29. The Morgan fingerprint density at radius 1 is 1.08 bits per heavy atom. The second kappa shape index (κ2) is 7.32. The molecule has 0 aliphatic heterocycles. The van der Waals surface area contributed by atoms with Crippen molar-refractivity contribution in [2.24, 2.45) is 0 Å². The third-order valence-electron chi connectivity index (χ3n) is 3.30. The maximum atomic E-state index is 10.6. The Morgan fingerprint density at radius 3 is 2.54 bits per heavy atom. The van der Waals surface area contributed by atoms with Crippen LogP contribution in [0.1, 0.15) is 6.42 Å². The highest BCUT2D eigenvalue weighted by Gasteiger charge is 2.09. The predicted octanol–water partition coefficient (Wildman–Crippen LogP) is 2.72. The van der Waals surface area contributed by atoms with Crippen molar-refractivity contribution in [1.82, 2.24) is 20.2 Å². The molecule has 0 aliphatic carbocycles. The van der Waals surface area contributed by atoms with E-state index in [9.17, 15) is 10.1 Å². The molecule has 0 saturated carbocycles. The molecule has 0 amide bonds. The van der Waals surface area contributed by atoms with Gasteiger partial charge in [0, 0.05) is 24.1 Å². The number of tetrazole rings is 1. The minimum Gasteiger partial charge on any atom is -0.494 e. The van der Waals surface area contributed by atoms with Crippen LogP contribution in [0, 0.1) is 10.1 Å². The number of nitrogens with zero attached hydrogens (tertiary/aromatic N) is 5. The van der Waals surface area contributed by atoms with Crippen LogP contribution in [0.15, 0.2) is 54.6 Å². The summed E-state index contributed by atoms with van der Waals surface area (Å²) in [5, 5.41) is 22.9. The Labute approximate surface area is 137 Å². The van der Waals surface area contributed by atoms with Crippen LogP contribution in [-0.4, -0.2) is 31.7 Å². The molecule has 24 heavy (non-hydrogen) atoms. The molecule has 1 heterocycles. The van der Waals surface area contributed by atoms with E-state index < -0.39 is 4.92 Å². The number of rotatable bonds is 7. The van der Waals surface area contributed by atoms with E-state index in [1.807, 2.05) is 30.3 Å². The first-order valence-corrected chi connectivity index (χ1v) is 7.43. The first-order chi connectivity index (χ1) is 11.7. The van der Waals surface area contributed by atoms with Crippen molar-refractivity contribution in [2.75, 3.05) is 6.61 Å². The van der Waals surface area contributed by atoms with Crippen molar-refractivity contribution >= 4 is 5.69 Å². The Kier molecular flexibility index (Phi) is 4.76. The first kappa shape index (κ1) is 15.6. The fourth-order valence-corrected chi connectivity index (χ4v) is 2.10. The molecule has 0 fully saturated rings. The lowest BCUT2D eigenvalue weighted by Crippen LogP contribution is -2.07. The molecule has 0 radical (unpaired) electrons. The molecule has 3 rings (SSSR count). The third kappa shape index (κ3) is 3.92. The monoisotopic (exact) mass is 325 g/mol. The van der Waals surface area contributed by atoms with E-state index in [4.69, 9.17) is 4.74 Å². The normalized spacial score (nSPS) is 10.5. The summed E-state index contributed by atoms with van der Waals surface area (Å²) in [7, 11) is 0. The second-order valence-corrected chi connectivity index (χ2v) is 5.03. The van der Waals surface area contributed by atoms with E-state index in [0.29, 0.717) is 24.5 Å². The Balaban J connectivity index is 1.52. The Morgan fingerprint density at radius 2 is 1.83 bits per heavy atom. The molecule has 3 aromatic rings. The highest BCUT2D eigenvalue weighted by molar-refractivity contribution is 5.56.